The average molecular weight is 487 g/mol. The largest absolute Gasteiger partial charge is 0.496 e. The number of hydrogen-bond donors (Lipinski definition) is 2. The number of halogens is 2. The molecule has 0 spiro atoms. The monoisotopic (exact) mass is 487 g/mol. The predicted octanol–water partition coefficient (Wildman–Crippen LogP) is 3.55. The first-order valence-corrected chi connectivity index (χ1v) is 8.52. The van der Waals surface area contributed by atoms with E-state index in [4.69, 9.17) is 9.47 Å². The lowest BCUT2D eigenvalue weighted by molar-refractivity contribution is 0.106. The molecule has 2 rings (SSSR count). The number of nitrogens with zero attached hydrogens (tertiary/aromatic N) is 1. The Morgan fingerprint density at radius 1 is 1.07 bits per heavy atom. The van der Waals surface area contributed by atoms with Gasteiger partial charge in [-0.2, -0.15) is 0 Å². The lowest BCUT2D eigenvalue weighted by atomic mass is 10.1. The molecule has 0 aliphatic carbocycles. The van der Waals surface area contributed by atoms with Crippen LogP contribution in [0.5, 0.6) is 5.75 Å². The number of methoxy groups -OCH3 is 2. The summed E-state index contributed by atoms with van der Waals surface area (Å²) in [6.07, 6.45) is 0.625. The number of rotatable bonds is 8. The Hall–Kier alpha value is -1.87. The van der Waals surface area contributed by atoms with Crippen LogP contribution in [0.15, 0.2) is 53.5 Å². The Bertz CT molecular complexity index is 711. The van der Waals surface area contributed by atoms with Gasteiger partial charge in [-0.25, -0.2) is 4.39 Å². The molecule has 7 heteroatoms. The highest BCUT2D eigenvalue weighted by Gasteiger charge is 2.11. The number of aliphatic imine (C=N–C) groups is 1. The van der Waals surface area contributed by atoms with Gasteiger partial charge in [-0.15, -0.1) is 24.0 Å². The van der Waals surface area contributed by atoms with E-state index in [0.29, 0.717) is 19.0 Å². The minimum atomic E-state index is -0.259. The smallest absolute Gasteiger partial charge is 0.191 e. The number of ether oxygens (including phenoxy) is 2. The lowest BCUT2D eigenvalue weighted by Gasteiger charge is -2.19. The lowest BCUT2D eigenvalue weighted by Crippen LogP contribution is -2.40. The molecular formula is C20H27FIN3O2. The first-order valence-electron chi connectivity index (χ1n) is 8.52. The van der Waals surface area contributed by atoms with Crippen LogP contribution >= 0.6 is 24.0 Å². The molecule has 2 N–H and O–H groups in total. The zero-order chi connectivity index (χ0) is 18.8. The second kappa shape index (κ2) is 12.5. The van der Waals surface area contributed by atoms with Crippen molar-refractivity contribution >= 4 is 29.9 Å². The number of nitrogens with one attached hydrogen (secondary N) is 2. The fourth-order valence-corrected chi connectivity index (χ4v) is 2.65. The fraction of sp³-hybridized carbons (Fsp3) is 0.350. The summed E-state index contributed by atoms with van der Waals surface area (Å²) in [5.41, 5.74) is 2.05. The maximum atomic E-state index is 13.1. The second-order valence-corrected chi connectivity index (χ2v) is 5.72. The van der Waals surface area contributed by atoms with Crippen molar-refractivity contribution in [2.45, 2.75) is 12.5 Å². The zero-order valence-corrected chi connectivity index (χ0v) is 18.2. The Labute approximate surface area is 177 Å². The zero-order valence-electron chi connectivity index (χ0n) is 15.9. The Morgan fingerprint density at radius 3 is 2.41 bits per heavy atom. The molecule has 148 valence electrons. The van der Waals surface area contributed by atoms with Crippen molar-refractivity contribution in [1.29, 1.82) is 0 Å². The molecule has 1 unspecified atom stereocenters. The molecule has 0 radical (unpaired) electrons. The van der Waals surface area contributed by atoms with Crippen LogP contribution in [0.3, 0.4) is 0 Å². The van der Waals surface area contributed by atoms with Crippen LogP contribution in [0.25, 0.3) is 0 Å². The van der Waals surface area contributed by atoms with Crippen LogP contribution in [-0.2, 0) is 11.2 Å². The number of benzene rings is 2. The van der Waals surface area contributed by atoms with Gasteiger partial charge < -0.3 is 20.1 Å². The van der Waals surface area contributed by atoms with Crippen molar-refractivity contribution in [3.05, 3.63) is 65.5 Å². The maximum Gasteiger partial charge on any atom is 0.191 e. The van der Waals surface area contributed by atoms with Crippen LogP contribution in [0.1, 0.15) is 17.2 Å². The van der Waals surface area contributed by atoms with E-state index in [1.807, 2.05) is 24.3 Å². The first kappa shape index (κ1) is 23.2. The number of hydrogen-bond acceptors (Lipinski definition) is 3. The summed E-state index contributed by atoms with van der Waals surface area (Å²) >= 11 is 0. The van der Waals surface area contributed by atoms with Crippen molar-refractivity contribution in [3.63, 3.8) is 0 Å². The normalized spacial score (nSPS) is 12.1. The fourth-order valence-electron chi connectivity index (χ4n) is 2.65. The van der Waals surface area contributed by atoms with Gasteiger partial charge in [-0.3, -0.25) is 4.99 Å². The van der Waals surface area contributed by atoms with Crippen LogP contribution in [0.4, 0.5) is 4.39 Å². The number of para-hydroxylation sites is 1. The van der Waals surface area contributed by atoms with Gasteiger partial charge in [-0.05, 0) is 35.7 Å². The molecule has 0 heterocycles. The van der Waals surface area contributed by atoms with Crippen LogP contribution in [0, 0.1) is 5.82 Å². The van der Waals surface area contributed by atoms with Crippen molar-refractivity contribution < 1.29 is 13.9 Å². The minimum Gasteiger partial charge on any atom is -0.496 e. The van der Waals surface area contributed by atoms with E-state index in [9.17, 15) is 4.39 Å². The summed E-state index contributed by atoms with van der Waals surface area (Å²) in [6.45, 7) is 1.24. The molecule has 0 bridgehead atoms. The molecule has 0 saturated heterocycles. The Morgan fingerprint density at radius 2 is 1.78 bits per heavy atom. The molecule has 1 atom stereocenters. The van der Waals surface area contributed by atoms with Gasteiger partial charge >= 0.3 is 0 Å². The molecule has 0 aliphatic heterocycles. The average Bonchev–Trinajstić information content (AvgIpc) is 2.68. The van der Waals surface area contributed by atoms with E-state index < -0.39 is 0 Å². The van der Waals surface area contributed by atoms with E-state index >= 15 is 0 Å². The third kappa shape index (κ3) is 7.34. The van der Waals surface area contributed by atoms with Gasteiger partial charge in [0, 0.05) is 27.2 Å². The first-order chi connectivity index (χ1) is 12.7. The standard InChI is InChI=1S/C20H26FN3O2.HI/c1-22-20(23-13-12-15-6-4-5-7-18(15)25-2)24-14-19(26-3)16-8-10-17(21)11-9-16;/h4-11,19H,12-14H2,1-3H3,(H2,22,23,24);1H. The molecule has 2 aromatic rings. The predicted molar refractivity (Wildman–Crippen MR) is 118 cm³/mol. The molecule has 0 aromatic heterocycles. The van der Waals surface area contributed by atoms with Gasteiger partial charge in [0.15, 0.2) is 5.96 Å². The van der Waals surface area contributed by atoms with Gasteiger partial charge in [-0.1, -0.05) is 30.3 Å². The Balaban J connectivity index is 0.00000364. The van der Waals surface area contributed by atoms with E-state index in [1.54, 1.807) is 33.4 Å². The Kier molecular flexibility index (Phi) is 10.7. The third-order valence-electron chi connectivity index (χ3n) is 4.08. The van der Waals surface area contributed by atoms with E-state index in [-0.39, 0.29) is 35.9 Å². The van der Waals surface area contributed by atoms with Crippen molar-refractivity contribution in [2.75, 3.05) is 34.4 Å². The summed E-state index contributed by atoms with van der Waals surface area (Å²) in [5, 5.41) is 6.51. The van der Waals surface area contributed by atoms with Crippen LogP contribution in [0.2, 0.25) is 0 Å². The summed E-state index contributed by atoms with van der Waals surface area (Å²) < 4.78 is 23.9. The second-order valence-electron chi connectivity index (χ2n) is 5.72. The molecule has 0 amide bonds. The van der Waals surface area contributed by atoms with Gasteiger partial charge in [0.1, 0.15) is 11.6 Å². The molecule has 0 saturated carbocycles. The summed E-state index contributed by atoms with van der Waals surface area (Å²) in [5.74, 6) is 1.31. The van der Waals surface area contributed by atoms with Crippen molar-refractivity contribution in [1.82, 2.24) is 10.6 Å². The third-order valence-corrected chi connectivity index (χ3v) is 4.08. The number of guanidine groups is 1. The summed E-state index contributed by atoms with van der Waals surface area (Å²) in [6, 6.07) is 14.3. The topological polar surface area (TPSA) is 54.9 Å². The van der Waals surface area contributed by atoms with Crippen LogP contribution in [-0.4, -0.2) is 40.3 Å². The van der Waals surface area contributed by atoms with Crippen molar-refractivity contribution in [3.8, 4) is 5.75 Å². The van der Waals surface area contributed by atoms with Gasteiger partial charge in [0.25, 0.3) is 0 Å². The van der Waals surface area contributed by atoms with Gasteiger partial charge in [0.2, 0.25) is 0 Å². The van der Waals surface area contributed by atoms with E-state index in [0.717, 1.165) is 23.3 Å². The molecule has 0 aliphatic rings. The van der Waals surface area contributed by atoms with E-state index in [1.165, 1.54) is 12.1 Å². The summed E-state index contributed by atoms with van der Waals surface area (Å²) in [4.78, 5) is 4.22. The molecular weight excluding hydrogens is 460 g/mol. The molecule has 2 aromatic carbocycles. The molecule has 5 nitrogen and oxygen atoms in total. The van der Waals surface area contributed by atoms with Crippen LogP contribution < -0.4 is 15.4 Å². The highest BCUT2D eigenvalue weighted by Crippen LogP contribution is 2.17. The summed E-state index contributed by atoms with van der Waals surface area (Å²) in [7, 11) is 5.03. The quantitative estimate of drug-likeness (QED) is 0.340. The highest BCUT2D eigenvalue weighted by atomic mass is 127. The van der Waals surface area contributed by atoms with E-state index in [2.05, 4.69) is 15.6 Å². The maximum absolute atomic E-state index is 13.1. The molecule has 0 fully saturated rings. The van der Waals surface area contributed by atoms with Gasteiger partial charge in [0.05, 0.1) is 13.2 Å². The SMILES string of the molecule is CN=C(NCCc1ccccc1OC)NCC(OC)c1ccc(F)cc1.I. The highest BCUT2D eigenvalue weighted by molar-refractivity contribution is 14.0. The van der Waals surface area contributed by atoms with Crippen molar-refractivity contribution in [2.24, 2.45) is 4.99 Å². The minimum absolute atomic E-state index is 0. The molecule has 27 heavy (non-hydrogen) atoms.